The van der Waals surface area contributed by atoms with Gasteiger partial charge < -0.3 is 19.9 Å². The number of benzene rings is 1. The number of nitrogens with one attached hydrogen (secondary N) is 1. The molecule has 0 spiro atoms. The second-order valence-corrected chi connectivity index (χ2v) is 5.76. The van der Waals surface area contributed by atoms with Crippen LogP contribution in [0, 0.1) is 0 Å². The highest BCUT2D eigenvalue weighted by Crippen LogP contribution is 2.21. The molecule has 0 aliphatic carbocycles. The number of amides is 1. The number of esters is 1. The molecule has 1 rings (SSSR count). The fourth-order valence-corrected chi connectivity index (χ4v) is 1.42. The third-order valence-electron chi connectivity index (χ3n) is 2.48. The van der Waals surface area contributed by atoms with Gasteiger partial charge in [0.1, 0.15) is 16.9 Å². The third-order valence-corrected chi connectivity index (χ3v) is 2.48. The van der Waals surface area contributed by atoms with E-state index in [1.54, 1.807) is 12.1 Å². The lowest BCUT2D eigenvalue weighted by atomic mass is 10.1. The molecule has 0 aliphatic heterocycles. The topological polar surface area (TPSA) is 84.9 Å². The quantitative estimate of drug-likeness (QED) is 0.637. The number of para-hydroxylation sites is 1. The molecule has 0 bridgehead atoms. The highest BCUT2D eigenvalue weighted by Gasteiger charge is 2.20. The number of carbonyl (C=O) groups is 2. The smallest absolute Gasteiger partial charge is 0.404 e. The summed E-state index contributed by atoms with van der Waals surface area (Å²) in [6.07, 6.45) is 1.04. The summed E-state index contributed by atoms with van der Waals surface area (Å²) in [7, 11) is 1.35. The van der Waals surface area contributed by atoms with Crippen LogP contribution in [0.4, 0.5) is 4.79 Å². The number of hydrogen-bond acceptors (Lipinski definition) is 4. The maximum atomic E-state index is 12.0. The molecule has 6 heteroatoms. The number of ether oxygens (including phenoxy) is 2. The Morgan fingerprint density at radius 1 is 1.22 bits per heavy atom. The Labute approximate surface area is 137 Å². The van der Waals surface area contributed by atoms with Crippen LogP contribution in [0.15, 0.2) is 24.3 Å². The molecule has 0 unspecified atom stereocenters. The first kappa shape index (κ1) is 20.8. The molecule has 1 aromatic rings. The van der Waals surface area contributed by atoms with Crippen LogP contribution in [0.3, 0.4) is 0 Å². The first-order valence-electron chi connectivity index (χ1n) is 7.57. The molecule has 0 atom stereocenters. The Balaban J connectivity index is 0.000000841. The van der Waals surface area contributed by atoms with E-state index in [9.17, 15) is 9.59 Å². The average Bonchev–Trinajstić information content (AvgIpc) is 2.47. The van der Waals surface area contributed by atoms with Crippen LogP contribution >= 0.6 is 0 Å². The van der Waals surface area contributed by atoms with Gasteiger partial charge in [-0.1, -0.05) is 25.5 Å². The highest BCUT2D eigenvalue weighted by molar-refractivity contribution is 5.92. The van der Waals surface area contributed by atoms with Crippen molar-refractivity contribution >= 4 is 12.1 Å². The van der Waals surface area contributed by atoms with E-state index >= 15 is 0 Å². The Morgan fingerprint density at radius 2 is 1.78 bits per heavy atom. The van der Waals surface area contributed by atoms with E-state index in [2.05, 4.69) is 6.92 Å². The standard InChI is InChI=1S/C15H22O3.C2H5NO2/c1-5-6-11-17-13-10-8-7-9-12(13)14(16)18-15(2,3)4;1-3-2(4)5/h7-10H,5-6,11H2,1-4H3;3H,1H3,(H,4,5). The monoisotopic (exact) mass is 325 g/mol. The van der Waals surface area contributed by atoms with E-state index in [4.69, 9.17) is 14.6 Å². The maximum Gasteiger partial charge on any atom is 0.404 e. The molecule has 1 aromatic carbocycles. The van der Waals surface area contributed by atoms with Gasteiger partial charge in [0.2, 0.25) is 0 Å². The fraction of sp³-hybridized carbons (Fsp3) is 0.529. The predicted octanol–water partition coefficient (Wildman–Crippen LogP) is 3.70. The van der Waals surface area contributed by atoms with Crippen molar-refractivity contribution in [3.63, 3.8) is 0 Å². The predicted molar refractivity (Wildman–Crippen MR) is 89.1 cm³/mol. The third kappa shape index (κ3) is 10.2. The average molecular weight is 325 g/mol. The highest BCUT2D eigenvalue weighted by atomic mass is 16.6. The lowest BCUT2D eigenvalue weighted by Gasteiger charge is -2.20. The fourth-order valence-electron chi connectivity index (χ4n) is 1.42. The van der Waals surface area contributed by atoms with Crippen LogP contribution in [-0.4, -0.2) is 36.4 Å². The Bertz CT molecular complexity index is 494. The Kier molecular flexibility index (Phi) is 9.46. The Hall–Kier alpha value is -2.24. The summed E-state index contributed by atoms with van der Waals surface area (Å²) in [4.78, 5) is 21.3. The maximum absolute atomic E-state index is 12.0. The van der Waals surface area contributed by atoms with Gasteiger partial charge in [-0.2, -0.15) is 0 Å². The van der Waals surface area contributed by atoms with Crippen LogP contribution in [0.5, 0.6) is 5.75 Å². The lowest BCUT2D eigenvalue weighted by Crippen LogP contribution is -2.24. The summed E-state index contributed by atoms with van der Waals surface area (Å²) in [6, 6.07) is 7.20. The molecule has 130 valence electrons. The molecule has 23 heavy (non-hydrogen) atoms. The largest absolute Gasteiger partial charge is 0.493 e. The van der Waals surface area contributed by atoms with Crippen molar-refractivity contribution in [3.8, 4) is 5.75 Å². The van der Waals surface area contributed by atoms with Crippen LogP contribution in [-0.2, 0) is 4.74 Å². The van der Waals surface area contributed by atoms with Gasteiger partial charge in [-0.3, -0.25) is 0 Å². The van der Waals surface area contributed by atoms with Gasteiger partial charge in [0.05, 0.1) is 6.61 Å². The van der Waals surface area contributed by atoms with Gasteiger partial charge in [-0.25, -0.2) is 9.59 Å². The Morgan fingerprint density at radius 3 is 2.26 bits per heavy atom. The summed E-state index contributed by atoms with van der Waals surface area (Å²) in [5.74, 6) is 0.259. The molecule has 6 nitrogen and oxygen atoms in total. The second kappa shape index (κ2) is 10.5. The van der Waals surface area contributed by atoms with Gasteiger partial charge in [-0.05, 0) is 39.3 Å². The van der Waals surface area contributed by atoms with Crippen molar-refractivity contribution in [2.24, 2.45) is 0 Å². The lowest BCUT2D eigenvalue weighted by molar-refractivity contribution is 0.00657. The van der Waals surface area contributed by atoms with E-state index in [1.807, 2.05) is 38.2 Å². The zero-order valence-electron chi connectivity index (χ0n) is 14.5. The van der Waals surface area contributed by atoms with E-state index in [1.165, 1.54) is 7.05 Å². The SMILES string of the molecule is CCCCOc1ccccc1C(=O)OC(C)(C)C.CNC(=O)O. The molecular formula is C17H27NO5. The van der Waals surface area contributed by atoms with E-state index in [0.29, 0.717) is 17.9 Å². The van der Waals surface area contributed by atoms with E-state index in [0.717, 1.165) is 12.8 Å². The molecule has 2 N–H and O–H groups in total. The van der Waals surface area contributed by atoms with Crippen molar-refractivity contribution in [2.75, 3.05) is 13.7 Å². The summed E-state index contributed by atoms with van der Waals surface area (Å²) >= 11 is 0. The summed E-state index contributed by atoms with van der Waals surface area (Å²) in [5.41, 5.74) is -0.00307. The van der Waals surface area contributed by atoms with Crippen LogP contribution in [0.25, 0.3) is 0 Å². The molecule has 0 radical (unpaired) electrons. The van der Waals surface area contributed by atoms with Gasteiger partial charge in [0.25, 0.3) is 0 Å². The number of hydrogen-bond donors (Lipinski definition) is 2. The number of carboxylic acid groups (broad SMARTS) is 1. The first-order chi connectivity index (χ1) is 10.7. The zero-order valence-corrected chi connectivity index (χ0v) is 14.5. The minimum Gasteiger partial charge on any atom is -0.493 e. The summed E-state index contributed by atoms with van der Waals surface area (Å²) in [6.45, 7) is 8.28. The van der Waals surface area contributed by atoms with Crippen LogP contribution in [0.1, 0.15) is 50.9 Å². The molecule has 0 fully saturated rings. The van der Waals surface area contributed by atoms with Gasteiger partial charge in [0.15, 0.2) is 0 Å². The van der Waals surface area contributed by atoms with Gasteiger partial charge in [-0.15, -0.1) is 0 Å². The van der Waals surface area contributed by atoms with Crippen molar-refractivity contribution < 1.29 is 24.2 Å². The molecular weight excluding hydrogens is 298 g/mol. The number of rotatable bonds is 5. The molecule has 0 heterocycles. The molecule has 1 amide bonds. The minimum absolute atomic E-state index is 0.338. The zero-order chi connectivity index (χ0) is 17.9. The number of unbranched alkanes of at least 4 members (excludes halogenated alkanes) is 1. The van der Waals surface area contributed by atoms with E-state index in [-0.39, 0.29) is 5.97 Å². The van der Waals surface area contributed by atoms with Crippen LogP contribution < -0.4 is 10.1 Å². The summed E-state index contributed by atoms with van der Waals surface area (Å²) in [5, 5.41) is 9.56. The minimum atomic E-state index is -0.995. The second-order valence-electron chi connectivity index (χ2n) is 5.76. The van der Waals surface area contributed by atoms with Gasteiger partial charge >= 0.3 is 12.1 Å². The van der Waals surface area contributed by atoms with Crippen LogP contribution in [0.2, 0.25) is 0 Å². The number of carbonyl (C=O) groups excluding carboxylic acids is 1. The summed E-state index contributed by atoms with van der Waals surface area (Å²) < 4.78 is 11.0. The van der Waals surface area contributed by atoms with Gasteiger partial charge in [0, 0.05) is 7.05 Å². The van der Waals surface area contributed by atoms with Crippen molar-refractivity contribution in [1.29, 1.82) is 0 Å². The van der Waals surface area contributed by atoms with E-state index < -0.39 is 11.7 Å². The molecule has 0 aliphatic rings. The van der Waals surface area contributed by atoms with Crippen molar-refractivity contribution in [2.45, 2.75) is 46.1 Å². The first-order valence-corrected chi connectivity index (χ1v) is 7.57. The normalized spacial score (nSPS) is 10.1. The van der Waals surface area contributed by atoms with Crippen molar-refractivity contribution in [1.82, 2.24) is 5.32 Å². The molecule has 0 aromatic heterocycles. The molecule has 0 saturated carbocycles. The van der Waals surface area contributed by atoms with Crippen molar-refractivity contribution in [3.05, 3.63) is 29.8 Å². The molecule has 0 saturated heterocycles.